The largest absolute Gasteiger partial charge is 0.496 e. The van der Waals surface area contributed by atoms with Crippen LogP contribution in [0.3, 0.4) is 0 Å². The molecule has 6 rings (SSSR count). The van der Waals surface area contributed by atoms with Gasteiger partial charge in [-0.2, -0.15) is 0 Å². The second-order valence-electron chi connectivity index (χ2n) is 11.3. The minimum Gasteiger partial charge on any atom is -0.496 e. The van der Waals surface area contributed by atoms with Crippen LogP contribution in [-0.2, 0) is 17.3 Å². The van der Waals surface area contributed by atoms with Gasteiger partial charge in [0.05, 0.1) is 32.6 Å². The number of hydrogen-bond donors (Lipinski definition) is 2. The Morgan fingerprint density at radius 3 is 2.70 bits per heavy atom. The van der Waals surface area contributed by atoms with Gasteiger partial charge in [-0.25, -0.2) is 13.7 Å². The average Bonchev–Trinajstić information content (AvgIpc) is 3.35. The van der Waals surface area contributed by atoms with Gasteiger partial charge in [-0.1, -0.05) is 42.5 Å². The summed E-state index contributed by atoms with van der Waals surface area (Å²) in [4.78, 5) is 9.45. The molecule has 0 bridgehead atoms. The molecular weight excluding hydrogens is 599 g/mol. The zero-order valence-electron chi connectivity index (χ0n) is 26.2. The van der Waals surface area contributed by atoms with Crippen LogP contribution < -0.4 is 10.1 Å². The van der Waals surface area contributed by atoms with Crippen molar-refractivity contribution in [1.29, 1.82) is 0 Å². The van der Waals surface area contributed by atoms with Crippen LogP contribution in [0, 0.1) is 13.8 Å². The number of aromatic nitrogens is 2. The Kier molecular flexibility index (Phi) is 9.94. The normalized spacial score (nSPS) is 14.3. The Bertz CT molecular complexity index is 1890. The first-order chi connectivity index (χ1) is 22.4. The maximum absolute atomic E-state index is 15.5. The molecule has 1 fully saturated rings. The lowest BCUT2D eigenvalue weighted by Crippen LogP contribution is -2.15. The Morgan fingerprint density at radius 2 is 1.87 bits per heavy atom. The molecule has 1 saturated heterocycles. The SMILES string of the molecule is COc1cc(/C(F)=C/c2cccc(-c3cccc(Nc4nccc5cc(CN6CCCCOS6)cnc45)c3C)c2C)ccc1CO. The quantitative estimate of drug-likeness (QED) is 0.0944. The van der Waals surface area contributed by atoms with E-state index >= 15 is 4.39 Å². The van der Waals surface area contributed by atoms with E-state index in [1.54, 1.807) is 30.5 Å². The minimum absolute atomic E-state index is 0.175. The number of ether oxygens (including phenoxy) is 1. The average molecular weight is 637 g/mol. The number of rotatable bonds is 9. The van der Waals surface area contributed by atoms with Gasteiger partial charge >= 0.3 is 0 Å². The number of fused-ring (bicyclic) bond motifs is 1. The summed E-state index contributed by atoms with van der Waals surface area (Å²) in [5, 5.41) is 14.1. The van der Waals surface area contributed by atoms with E-state index in [0.29, 0.717) is 22.7 Å². The monoisotopic (exact) mass is 636 g/mol. The predicted molar refractivity (Wildman–Crippen MR) is 185 cm³/mol. The molecule has 3 heterocycles. The molecule has 0 unspecified atom stereocenters. The fourth-order valence-electron chi connectivity index (χ4n) is 5.73. The van der Waals surface area contributed by atoms with Gasteiger partial charge in [0, 0.05) is 47.7 Å². The first-order valence-corrected chi connectivity index (χ1v) is 16.0. The van der Waals surface area contributed by atoms with Crippen molar-refractivity contribution in [3.05, 3.63) is 113 Å². The topological polar surface area (TPSA) is 79.7 Å². The van der Waals surface area contributed by atoms with E-state index in [1.165, 1.54) is 19.3 Å². The van der Waals surface area contributed by atoms with Crippen LogP contribution in [0.1, 0.15) is 46.2 Å². The summed E-state index contributed by atoms with van der Waals surface area (Å²) in [7, 11) is 1.51. The number of halogens is 1. The zero-order valence-corrected chi connectivity index (χ0v) is 27.0. The number of nitrogens with zero attached hydrogens (tertiary/aromatic N) is 3. The third-order valence-corrected chi connectivity index (χ3v) is 9.12. The van der Waals surface area contributed by atoms with E-state index < -0.39 is 0 Å². The van der Waals surface area contributed by atoms with Crippen molar-refractivity contribution in [2.75, 3.05) is 25.6 Å². The molecule has 7 nitrogen and oxygen atoms in total. The number of anilines is 2. The highest BCUT2D eigenvalue weighted by molar-refractivity contribution is 7.92. The van der Waals surface area contributed by atoms with Crippen LogP contribution >= 0.6 is 12.2 Å². The first-order valence-electron chi connectivity index (χ1n) is 15.4. The fraction of sp³-hybridized carbons (Fsp3) is 0.243. The predicted octanol–water partition coefficient (Wildman–Crippen LogP) is 8.80. The third kappa shape index (κ3) is 6.93. The molecule has 2 aromatic heterocycles. The van der Waals surface area contributed by atoms with Gasteiger partial charge in [-0.15, -0.1) is 0 Å². The van der Waals surface area contributed by atoms with Crippen LogP contribution in [0.2, 0.25) is 0 Å². The molecule has 0 radical (unpaired) electrons. The van der Waals surface area contributed by atoms with E-state index in [4.69, 9.17) is 13.9 Å². The Balaban J connectivity index is 1.27. The van der Waals surface area contributed by atoms with Gasteiger partial charge in [-0.3, -0.25) is 4.98 Å². The van der Waals surface area contributed by atoms with E-state index in [2.05, 4.69) is 39.7 Å². The Labute approximate surface area is 273 Å². The highest BCUT2D eigenvalue weighted by Crippen LogP contribution is 2.36. The van der Waals surface area contributed by atoms with Crippen LogP contribution in [0.5, 0.6) is 5.75 Å². The van der Waals surface area contributed by atoms with Gasteiger partial charge in [-0.05, 0) is 90.4 Å². The second-order valence-corrected chi connectivity index (χ2v) is 12.2. The minimum atomic E-state index is -0.383. The molecular formula is C37H37FN4O3S. The molecule has 0 amide bonds. The number of aliphatic hydroxyl groups is 1. The molecule has 3 aromatic carbocycles. The van der Waals surface area contributed by atoms with E-state index in [1.807, 2.05) is 43.5 Å². The van der Waals surface area contributed by atoms with Crippen molar-refractivity contribution in [1.82, 2.24) is 14.3 Å². The van der Waals surface area contributed by atoms with E-state index in [9.17, 15) is 5.11 Å². The molecule has 0 saturated carbocycles. The van der Waals surface area contributed by atoms with Gasteiger partial charge in [0.15, 0.2) is 5.82 Å². The summed E-state index contributed by atoms with van der Waals surface area (Å²) in [6.07, 6.45) is 7.47. The Hall–Kier alpha value is -4.28. The fourth-order valence-corrected chi connectivity index (χ4v) is 6.47. The highest BCUT2D eigenvalue weighted by atomic mass is 32.2. The lowest BCUT2D eigenvalue weighted by Gasteiger charge is -2.18. The van der Waals surface area contributed by atoms with Crippen molar-refractivity contribution in [3.63, 3.8) is 0 Å². The third-order valence-electron chi connectivity index (χ3n) is 8.33. The lowest BCUT2D eigenvalue weighted by atomic mass is 9.92. The molecule has 0 atom stereocenters. The van der Waals surface area contributed by atoms with Crippen molar-refractivity contribution >= 4 is 46.5 Å². The Morgan fingerprint density at radius 1 is 1.04 bits per heavy atom. The molecule has 0 spiro atoms. The number of methoxy groups -OCH3 is 1. The van der Waals surface area contributed by atoms with Crippen molar-refractivity contribution in [2.45, 2.75) is 39.8 Å². The molecule has 5 aromatic rings. The standard InChI is InChI=1S/C37H37FN4O3S/c1-24-27(19-33(38)28-12-13-30(23-43)35(20-28)44-3)8-6-9-31(24)32-10-7-11-34(25(32)2)41-37-36-29(14-15-39-37)18-26(21-40-36)22-42-16-4-5-17-45-46-42/h6-15,18-21,43H,4-5,16-17,22-23H2,1-3H3,(H,39,41)/b33-19-. The second kappa shape index (κ2) is 14.4. The molecule has 9 heteroatoms. The highest BCUT2D eigenvalue weighted by Gasteiger charge is 2.15. The number of benzene rings is 3. The van der Waals surface area contributed by atoms with Crippen molar-refractivity contribution in [2.24, 2.45) is 0 Å². The van der Waals surface area contributed by atoms with Crippen LogP contribution in [0.4, 0.5) is 15.9 Å². The number of pyridine rings is 2. The van der Waals surface area contributed by atoms with Gasteiger partial charge in [0.2, 0.25) is 0 Å². The lowest BCUT2D eigenvalue weighted by molar-refractivity contribution is 0.274. The van der Waals surface area contributed by atoms with Crippen LogP contribution in [0.15, 0.2) is 79.1 Å². The maximum atomic E-state index is 15.5. The summed E-state index contributed by atoms with van der Waals surface area (Å²) in [6, 6.07) is 21.1. The van der Waals surface area contributed by atoms with Crippen molar-refractivity contribution < 1.29 is 18.4 Å². The van der Waals surface area contributed by atoms with E-state index in [-0.39, 0.29) is 12.4 Å². The molecule has 236 valence electrons. The summed E-state index contributed by atoms with van der Waals surface area (Å²) < 4.78 is 28.7. The first kappa shape index (κ1) is 31.7. The van der Waals surface area contributed by atoms with Crippen molar-refractivity contribution in [3.8, 4) is 16.9 Å². The molecule has 2 N–H and O–H groups in total. The summed E-state index contributed by atoms with van der Waals surface area (Å²) in [5.74, 6) is 0.758. The van der Waals surface area contributed by atoms with Gasteiger partial charge < -0.3 is 19.3 Å². The zero-order chi connectivity index (χ0) is 32.0. The molecule has 46 heavy (non-hydrogen) atoms. The summed E-state index contributed by atoms with van der Waals surface area (Å²) in [5.41, 5.74) is 8.69. The smallest absolute Gasteiger partial charge is 0.156 e. The number of aliphatic hydroxyl groups excluding tert-OH is 1. The molecule has 1 aliphatic heterocycles. The maximum Gasteiger partial charge on any atom is 0.156 e. The van der Waals surface area contributed by atoms with Gasteiger partial charge in [0.25, 0.3) is 0 Å². The summed E-state index contributed by atoms with van der Waals surface area (Å²) in [6.45, 7) is 6.45. The van der Waals surface area contributed by atoms with Crippen LogP contribution in [-0.4, -0.2) is 39.6 Å². The summed E-state index contributed by atoms with van der Waals surface area (Å²) >= 11 is 1.44. The molecule has 0 aliphatic carbocycles. The van der Waals surface area contributed by atoms with E-state index in [0.717, 1.165) is 82.5 Å². The van der Waals surface area contributed by atoms with Crippen LogP contribution in [0.25, 0.3) is 33.9 Å². The number of hydrogen-bond acceptors (Lipinski definition) is 8. The molecule has 1 aliphatic rings. The van der Waals surface area contributed by atoms with Gasteiger partial charge in [0.1, 0.15) is 17.1 Å². The number of nitrogens with one attached hydrogen (secondary N) is 1.